The quantitative estimate of drug-likeness (QED) is 0.668. The van der Waals surface area contributed by atoms with Gasteiger partial charge in [0.1, 0.15) is 0 Å². The van der Waals surface area contributed by atoms with Crippen LogP contribution in [0.25, 0.3) is 0 Å². The van der Waals surface area contributed by atoms with Gasteiger partial charge in [-0.3, -0.25) is 4.79 Å². The first-order chi connectivity index (χ1) is 8.89. The lowest BCUT2D eigenvalue weighted by molar-refractivity contribution is -0.142. The van der Waals surface area contributed by atoms with E-state index in [-0.39, 0.29) is 13.1 Å². The number of piperidine rings is 1. The summed E-state index contributed by atoms with van der Waals surface area (Å²) in [7, 11) is -2.10. The van der Waals surface area contributed by atoms with E-state index in [0.29, 0.717) is 32.6 Å². The van der Waals surface area contributed by atoms with Crippen molar-refractivity contribution in [1.82, 2.24) is 8.61 Å². The number of likely N-dealkylation sites (N-methyl/N-ethyl adjacent to an activating group) is 1. The Morgan fingerprint density at radius 2 is 2.21 bits per heavy atom. The number of hydrogen-bond acceptors (Lipinski definition) is 4. The first-order valence-corrected chi connectivity index (χ1v) is 7.81. The molecule has 0 aromatic rings. The fraction of sp³-hybridized carbons (Fsp3) is 0.909. The van der Waals surface area contributed by atoms with Gasteiger partial charge in [-0.25, -0.2) is 0 Å². The molecule has 0 amide bonds. The predicted molar refractivity (Wildman–Crippen MR) is 70.0 cm³/mol. The molecule has 0 aromatic carbocycles. The molecule has 1 aliphatic heterocycles. The maximum atomic E-state index is 12.3. The Hall–Kier alpha value is -0.700. The lowest BCUT2D eigenvalue weighted by atomic mass is 10.0. The molecule has 1 saturated heterocycles. The average Bonchev–Trinajstić information content (AvgIpc) is 2.39. The van der Waals surface area contributed by atoms with Crippen LogP contribution in [0.15, 0.2) is 0 Å². The van der Waals surface area contributed by atoms with Crippen LogP contribution in [-0.4, -0.2) is 68.0 Å². The fourth-order valence-electron chi connectivity index (χ4n) is 2.00. The highest BCUT2D eigenvalue weighted by Gasteiger charge is 2.34. The summed E-state index contributed by atoms with van der Waals surface area (Å²) in [6.07, 6.45) is 1.11. The molecule has 1 fully saturated rings. The van der Waals surface area contributed by atoms with Gasteiger partial charge in [0.2, 0.25) is 0 Å². The predicted octanol–water partition coefficient (Wildman–Crippen LogP) is -0.00390. The number of carboxylic acids is 1. The second kappa shape index (κ2) is 7.18. The smallest absolute Gasteiger partial charge is 0.307 e. The van der Waals surface area contributed by atoms with E-state index in [4.69, 9.17) is 9.84 Å². The minimum Gasteiger partial charge on any atom is -0.481 e. The summed E-state index contributed by atoms with van der Waals surface area (Å²) in [6, 6.07) is 0. The molecule has 0 bridgehead atoms. The van der Waals surface area contributed by atoms with Crippen molar-refractivity contribution in [3.63, 3.8) is 0 Å². The van der Waals surface area contributed by atoms with E-state index in [1.807, 2.05) is 6.92 Å². The summed E-state index contributed by atoms with van der Waals surface area (Å²) >= 11 is 0. The van der Waals surface area contributed by atoms with Crippen LogP contribution < -0.4 is 0 Å². The standard InChI is InChI=1S/C11H22N2O5S/c1-3-18-8-7-12(2)19(16,17)13-6-4-5-10(9-13)11(14)15/h10H,3-9H2,1-2H3,(H,14,15). The first-order valence-electron chi connectivity index (χ1n) is 6.41. The monoisotopic (exact) mass is 294 g/mol. The van der Waals surface area contributed by atoms with Gasteiger partial charge in [-0.2, -0.15) is 17.0 Å². The highest BCUT2D eigenvalue weighted by molar-refractivity contribution is 7.86. The van der Waals surface area contributed by atoms with Gasteiger partial charge in [-0.05, 0) is 19.8 Å². The summed E-state index contributed by atoms with van der Waals surface area (Å²) < 4.78 is 32.1. The Labute approximate surface area is 114 Å². The molecule has 1 atom stereocenters. The zero-order valence-corrected chi connectivity index (χ0v) is 12.2. The molecular formula is C11H22N2O5S. The Kier molecular flexibility index (Phi) is 6.18. The van der Waals surface area contributed by atoms with Gasteiger partial charge >= 0.3 is 5.97 Å². The number of ether oxygens (including phenoxy) is 1. The summed E-state index contributed by atoms with van der Waals surface area (Å²) in [5.74, 6) is -1.54. The molecule has 0 aromatic heterocycles. The van der Waals surface area contributed by atoms with Gasteiger partial charge in [0.05, 0.1) is 12.5 Å². The van der Waals surface area contributed by atoms with Crippen LogP contribution in [0, 0.1) is 5.92 Å². The van der Waals surface area contributed by atoms with Crippen LogP contribution in [0.5, 0.6) is 0 Å². The van der Waals surface area contributed by atoms with Crippen molar-refractivity contribution in [3.05, 3.63) is 0 Å². The summed E-state index contributed by atoms with van der Waals surface area (Å²) in [5, 5.41) is 8.98. The molecule has 1 aliphatic rings. The van der Waals surface area contributed by atoms with Crippen LogP contribution in [0.3, 0.4) is 0 Å². The number of hydrogen-bond donors (Lipinski definition) is 1. The van der Waals surface area contributed by atoms with Crippen LogP contribution in [0.4, 0.5) is 0 Å². The molecule has 1 rings (SSSR count). The van der Waals surface area contributed by atoms with Crippen molar-refractivity contribution in [3.8, 4) is 0 Å². The lowest BCUT2D eigenvalue weighted by Crippen LogP contribution is -2.48. The van der Waals surface area contributed by atoms with Crippen molar-refractivity contribution in [2.75, 3.05) is 39.9 Å². The molecule has 0 radical (unpaired) electrons. The molecule has 1 N–H and O–H groups in total. The van der Waals surface area contributed by atoms with Crippen LogP contribution in [-0.2, 0) is 19.7 Å². The molecule has 0 saturated carbocycles. The summed E-state index contributed by atoms with van der Waals surface area (Å²) in [6.45, 7) is 3.42. The molecule has 7 nitrogen and oxygen atoms in total. The molecule has 112 valence electrons. The van der Waals surface area contributed by atoms with E-state index in [1.165, 1.54) is 15.7 Å². The Balaban J connectivity index is 2.62. The Bertz CT molecular complexity index is 398. The van der Waals surface area contributed by atoms with E-state index in [9.17, 15) is 13.2 Å². The Morgan fingerprint density at radius 1 is 1.53 bits per heavy atom. The fourth-order valence-corrected chi connectivity index (χ4v) is 3.43. The number of carboxylic acid groups (broad SMARTS) is 1. The number of carbonyl (C=O) groups is 1. The van der Waals surface area contributed by atoms with Gasteiger partial charge in [0.15, 0.2) is 0 Å². The van der Waals surface area contributed by atoms with Crippen molar-refractivity contribution >= 4 is 16.2 Å². The largest absolute Gasteiger partial charge is 0.481 e. The zero-order chi connectivity index (χ0) is 14.5. The van der Waals surface area contributed by atoms with E-state index in [0.717, 1.165) is 0 Å². The van der Waals surface area contributed by atoms with Crippen molar-refractivity contribution in [1.29, 1.82) is 0 Å². The molecule has 1 heterocycles. The third-order valence-electron chi connectivity index (χ3n) is 3.21. The molecule has 19 heavy (non-hydrogen) atoms. The molecule has 8 heteroatoms. The van der Waals surface area contributed by atoms with E-state index < -0.39 is 22.1 Å². The SMILES string of the molecule is CCOCCN(C)S(=O)(=O)N1CCCC(C(=O)O)C1. The Morgan fingerprint density at radius 3 is 2.79 bits per heavy atom. The third-order valence-corrected chi connectivity index (χ3v) is 5.16. The molecular weight excluding hydrogens is 272 g/mol. The number of nitrogens with zero attached hydrogens (tertiary/aromatic N) is 2. The molecule has 0 spiro atoms. The maximum Gasteiger partial charge on any atom is 0.307 e. The normalized spacial score (nSPS) is 21.7. The minimum atomic E-state index is -3.59. The summed E-state index contributed by atoms with van der Waals surface area (Å²) in [4.78, 5) is 11.0. The van der Waals surface area contributed by atoms with Crippen LogP contribution in [0.2, 0.25) is 0 Å². The molecule has 0 aliphatic carbocycles. The van der Waals surface area contributed by atoms with Gasteiger partial charge < -0.3 is 9.84 Å². The summed E-state index contributed by atoms with van der Waals surface area (Å²) in [5.41, 5.74) is 0. The van der Waals surface area contributed by atoms with Crippen LogP contribution >= 0.6 is 0 Å². The van der Waals surface area contributed by atoms with E-state index in [1.54, 1.807) is 0 Å². The van der Waals surface area contributed by atoms with Crippen molar-refractivity contribution in [2.24, 2.45) is 5.92 Å². The second-order valence-corrected chi connectivity index (χ2v) is 6.60. The van der Waals surface area contributed by atoms with Crippen LogP contribution in [0.1, 0.15) is 19.8 Å². The third kappa shape index (κ3) is 4.41. The highest BCUT2D eigenvalue weighted by atomic mass is 32.2. The molecule has 1 unspecified atom stereocenters. The van der Waals surface area contributed by atoms with Gasteiger partial charge in [0, 0.05) is 33.3 Å². The lowest BCUT2D eigenvalue weighted by Gasteiger charge is -2.32. The number of aliphatic carboxylic acids is 1. The second-order valence-electron chi connectivity index (χ2n) is 4.56. The van der Waals surface area contributed by atoms with E-state index >= 15 is 0 Å². The van der Waals surface area contributed by atoms with Gasteiger partial charge in [-0.1, -0.05) is 0 Å². The highest BCUT2D eigenvalue weighted by Crippen LogP contribution is 2.20. The first kappa shape index (κ1) is 16.4. The maximum absolute atomic E-state index is 12.3. The van der Waals surface area contributed by atoms with E-state index in [2.05, 4.69) is 0 Å². The topological polar surface area (TPSA) is 87.2 Å². The van der Waals surface area contributed by atoms with Gasteiger partial charge in [-0.15, -0.1) is 0 Å². The van der Waals surface area contributed by atoms with Gasteiger partial charge in [0.25, 0.3) is 10.2 Å². The minimum absolute atomic E-state index is 0.0522. The number of rotatable bonds is 7. The average molecular weight is 294 g/mol. The zero-order valence-electron chi connectivity index (χ0n) is 11.4. The van der Waals surface area contributed by atoms with Crippen molar-refractivity contribution in [2.45, 2.75) is 19.8 Å². The van der Waals surface area contributed by atoms with Crippen molar-refractivity contribution < 1.29 is 23.1 Å².